The van der Waals surface area contributed by atoms with E-state index in [9.17, 15) is 13.2 Å². The summed E-state index contributed by atoms with van der Waals surface area (Å²) < 4.78 is 24.1. The standard InChI is InChI=1S/C18H21ClN2O3S/c1-12(2)13-8-9-16(17(10-13)25(3,23)24)20-11-18(22)21-15-7-5-4-6-14(15)19/h4-10,12,20H,11H2,1-3H3,(H,21,22). The average molecular weight is 381 g/mol. The van der Waals surface area contributed by atoms with Gasteiger partial charge >= 0.3 is 0 Å². The molecule has 2 N–H and O–H groups in total. The third kappa shape index (κ3) is 5.21. The molecule has 5 nitrogen and oxygen atoms in total. The predicted molar refractivity (Wildman–Crippen MR) is 102 cm³/mol. The number of hydrogen-bond donors (Lipinski definition) is 2. The van der Waals surface area contributed by atoms with Crippen LogP contribution in [0.25, 0.3) is 0 Å². The van der Waals surface area contributed by atoms with Gasteiger partial charge in [0.25, 0.3) is 0 Å². The van der Waals surface area contributed by atoms with Gasteiger partial charge in [0.1, 0.15) is 0 Å². The highest BCUT2D eigenvalue weighted by Crippen LogP contribution is 2.26. The van der Waals surface area contributed by atoms with Crippen molar-refractivity contribution in [1.82, 2.24) is 0 Å². The number of carbonyl (C=O) groups excluding carboxylic acids is 1. The summed E-state index contributed by atoms with van der Waals surface area (Å²) in [5.41, 5.74) is 1.84. The van der Waals surface area contributed by atoms with Crippen molar-refractivity contribution in [2.24, 2.45) is 0 Å². The lowest BCUT2D eigenvalue weighted by molar-refractivity contribution is -0.114. The monoisotopic (exact) mass is 380 g/mol. The third-order valence-corrected chi connectivity index (χ3v) is 5.13. The van der Waals surface area contributed by atoms with Gasteiger partial charge in [-0.1, -0.05) is 43.6 Å². The van der Waals surface area contributed by atoms with Crippen LogP contribution in [0.2, 0.25) is 5.02 Å². The van der Waals surface area contributed by atoms with Crippen molar-refractivity contribution in [2.45, 2.75) is 24.7 Å². The molecule has 0 aromatic heterocycles. The first-order chi connectivity index (χ1) is 11.7. The van der Waals surface area contributed by atoms with Gasteiger partial charge in [-0.15, -0.1) is 0 Å². The van der Waals surface area contributed by atoms with Gasteiger partial charge in [-0.25, -0.2) is 8.42 Å². The molecule has 0 aliphatic rings. The number of carbonyl (C=O) groups is 1. The third-order valence-electron chi connectivity index (χ3n) is 3.66. The molecule has 2 aromatic rings. The Morgan fingerprint density at radius 2 is 1.80 bits per heavy atom. The van der Waals surface area contributed by atoms with Crippen molar-refractivity contribution in [3.8, 4) is 0 Å². The summed E-state index contributed by atoms with van der Waals surface area (Å²) in [7, 11) is -3.42. The van der Waals surface area contributed by atoms with Crippen LogP contribution in [-0.4, -0.2) is 27.1 Å². The SMILES string of the molecule is CC(C)c1ccc(NCC(=O)Nc2ccccc2Cl)c(S(C)(=O)=O)c1. The number of hydrogen-bond acceptors (Lipinski definition) is 4. The van der Waals surface area contributed by atoms with Crippen molar-refractivity contribution in [3.05, 3.63) is 53.1 Å². The quantitative estimate of drug-likeness (QED) is 0.796. The molecule has 0 fully saturated rings. The van der Waals surface area contributed by atoms with Gasteiger partial charge in [0.05, 0.1) is 27.8 Å². The van der Waals surface area contributed by atoms with E-state index in [4.69, 9.17) is 11.6 Å². The molecular formula is C18H21ClN2O3S. The summed E-state index contributed by atoms with van der Waals surface area (Å²) in [4.78, 5) is 12.3. The van der Waals surface area contributed by atoms with Crippen LogP contribution in [0.5, 0.6) is 0 Å². The number of halogens is 1. The Hall–Kier alpha value is -2.05. The van der Waals surface area contributed by atoms with E-state index in [0.29, 0.717) is 16.4 Å². The Morgan fingerprint density at radius 3 is 2.40 bits per heavy atom. The Morgan fingerprint density at radius 1 is 1.12 bits per heavy atom. The van der Waals surface area contributed by atoms with Gasteiger partial charge in [-0.05, 0) is 35.7 Å². The van der Waals surface area contributed by atoms with Gasteiger partial charge in [-0.3, -0.25) is 4.79 Å². The van der Waals surface area contributed by atoms with Crippen LogP contribution in [-0.2, 0) is 14.6 Å². The lowest BCUT2D eigenvalue weighted by atomic mass is 10.0. The van der Waals surface area contributed by atoms with Crippen molar-refractivity contribution >= 4 is 38.7 Å². The van der Waals surface area contributed by atoms with E-state index in [0.717, 1.165) is 11.8 Å². The fourth-order valence-electron chi connectivity index (χ4n) is 2.28. The highest BCUT2D eigenvalue weighted by atomic mass is 35.5. The maximum atomic E-state index is 12.1. The topological polar surface area (TPSA) is 75.3 Å². The number of rotatable bonds is 6. The number of para-hydroxylation sites is 1. The molecule has 0 heterocycles. The first kappa shape index (κ1) is 19.3. The molecule has 0 aliphatic carbocycles. The molecule has 0 aliphatic heterocycles. The van der Waals surface area contributed by atoms with Gasteiger partial charge in [0.15, 0.2) is 9.84 Å². The van der Waals surface area contributed by atoms with Gasteiger partial charge < -0.3 is 10.6 Å². The maximum Gasteiger partial charge on any atom is 0.243 e. The minimum absolute atomic E-state index is 0.0746. The molecular weight excluding hydrogens is 360 g/mol. The Kier molecular flexibility index (Phi) is 6.08. The number of benzene rings is 2. The largest absolute Gasteiger partial charge is 0.375 e. The van der Waals surface area contributed by atoms with E-state index in [2.05, 4.69) is 10.6 Å². The zero-order valence-electron chi connectivity index (χ0n) is 14.3. The molecule has 0 bridgehead atoms. The van der Waals surface area contributed by atoms with Gasteiger partial charge in [0, 0.05) is 6.26 Å². The van der Waals surface area contributed by atoms with E-state index in [1.165, 1.54) is 0 Å². The summed E-state index contributed by atoms with van der Waals surface area (Å²) in [6.07, 6.45) is 1.15. The molecule has 0 radical (unpaired) electrons. The van der Waals surface area contributed by atoms with Crippen molar-refractivity contribution < 1.29 is 13.2 Å². The molecule has 0 spiro atoms. The van der Waals surface area contributed by atoms with Crippen LogP contribution < -0.4 is 10.6 Å². The normalized spacial score (nSPS) is 11.4. The van der Waals surface area contributed by atoms with Crippen LogP contribution in [0.1, 0.15) is 25.3 Å². The second-order valence-corrected chi connectivity index (χ2v) is 8.46. The smallest absolute Gasteiger partial charge is 0.243 e. The zero-order chi connectivity index (χ0) is 18.6. The van der Waals surface area contributed by atoms with Gasteiger partial charge in [-0.2, -0.15) is 0 Å². The molecule has 1 amide bonds. The fourth-order valence-corrected chi connectivity index (χ4v) is 3.36. The molecule has 25 heavy (non-hydrogen) atoms. The predicted octanol–water partition coefficient (Wildman–Crippen LogP) is 3.92. The minimum atomic E-state index is -3.42. The minimum Gasteiger partial charge on any atom is -0.375 e. The number of anilines is 2. The summed E-state index contributed by atoms with van der Waals surface area (Å²) in [6, 6.07) is 12.1. The summed E-state index contributed by atoms with van der Waals surface area (Å²) in [5, 5.41) is 6.02. The van der Waals surface area contributed by atoms with Gasteiger partial charge in [0.2, 0.25) is 5.91 Å². The summed E-state index contributed by atoms with van der Waals surface area (Å²) >= 11 is 6.00. The molecule has 7 heteroatoms. The molecule has 0 unspecified atom stereocenters. The van der Waals surface area contributed by atoms with E-state index >= 15 is 0 Å². The highest BCUT2D eigenvalue weighted by Gasteiger charge is 2.16. The molecule has 2 aromatic carbocycles. The Labute approximate surface area is 153 Å². The second-order valence-electron chi connectivity index (χ2n) is 6.06. The summed E-state index contributed by atoms with van der Waals surface area (Å²) in [6.45, 7) is 3.91. The fraction of sp³-hybridized carbons (Fsp3) is 0.278. The zero-order valence-corrected chi connectivity index (χ0v) is 15.9. The first-order valence-electron chi connectivity index (χ1n) is 7.80. The first-order valence-corrected chi connectivity index (χ1v) is 10.1. The summed E-state index contributed by atoms with van der Waals surface area (Å²) in [5.74, 6) is -0.112. The average Bonchev–Trinajstić information content (AvgIpc) is 2.54. The number of nitrogens with one attached hydrogen (secondary N) is 2. The van der Waals surface area contributed by atoms with Crippen molar-refractivity contribution in [1.29, 1.82) is 0 Å². The van der Waals surface area contributed by atoms with Crippen LogP contribution in [0, 0.1) is 0 Å². The van der Waals surface area contributed by atoms with E-state index in [-0.39, 0.29) is 23.3 Å². The molecule has 0 saturated heterocycles. The number of amides is 1. The molecule has 134 valence electrons. The molecule has 0 saturated carbocycles. The van der Waals surface area contributed by atoms with Crippen molar-refractivity contribution in [2.75, 3.05) is 23.4 Å². The lowest BCUT2D eigenvalue weighted by Gasteiger charge is -2.14. The van der Waals surface area contributed by atoms with Crippen LogP contribution in [0.3, 0.4) is 0 Å². The lowest BCUT2D eigenvalue weighted by Crippen LogP contribution is -2.22. The molecule has 0 atom stereocenters. The van der Waals surface area contributed by atoms with Crippen LogP contribution in [0.4, 0.5) is 11.4 Å². The van der Waals surface area contributed by atoms with Crippen LogP contribution >= 0.6 is 11.6 Å². The Balaban J connectivity index is 2.15. The number of sulfone groups is 1. The second kappa shape index (κ2) is 7.89. The van der Waals surface area contributed by atoms with Crippen LogP contribution in [0.15, 0.2) is 47.4 Å². The molecule has 2 rings (SSSR count). The van der Waals surface area contributed by atoms with Crippen molar-refractivity contribution in [3.63, 3.8) is 0 Å². The van der Waals surface area contributed by atoms with E-state index < -0.39 is 9.84 Å². The highest BCUT2D eigenvalue weighted by molar-refractivity contribution is 7.90. The van der Waals surface area contributed by atoms with E-state index in [1.807, 2.05) is 19.9 Å². The Bertz CT molecular complexity index is 880. The maximum absolute atomic E-state index is 12.1. The van der Waals surface area contributed by atoms with E-state index in [1.54, 1.807) is 36.4 Å².